The Morgan fingerprint density at radius 3 is 2.68 bits per heavy atom. The Bertz CT molecular complexity index is 560. The van der Waals surface area contributed by atoms with E-state index in [9.17, 15) is 4.39 Å². The third kappa shape index (κ3) is 3.13. The van der Waals surface area contributed by atoms with Crippen LogP contribution in [0.1, 0.15) is 5.69 Å². The van der Waals surface area contributed by atoms with Crippen LogP contribution in [0.3, 0.4) is 0 Å². The SMILES string of the molecule is COc1ccnc(COc2cccc(F)c2)c1OC. The van der Waals surface area contributed by atoms with Gasteiger partial charge in [-0.1, -0.05) is 6.07 Å². The third-order valence-electron chi connectivity index (χ3n) is 2.54. The van der Waals surface area contributed by atoms with Crippen LogP contribution < -0.4 is 14.2 Å². The summed E-state index contributed by atoms with van der Waals surface area (Å²) < 4.78 is 28.9. The van der Waals surface area contributed by atoms with Gasteiger partial charge in [-0.2, -0.15) is 0 Å². The first-order valence-corrected chi connectivity index (χ1v) is 5.69. The van der Waals surface area contributed by atoms with Crippen molar-refractivity contribution in [1.29, 1.82) is 0 Å². The summed E-state index contributed by atoms with van der Waals surface area (Å²) in [5.74, 6) is 1.19. The molecule has 0 saturated carbocycles. The normalized spacial score (nSPS) is 10.1. The number of aromatic nitrogens is 1. The highest BCUT2D eigenvalue weighted by Crippen LogP contribution is 2.29. The molecule has 0 spiro atoms. The van der Waals surface area contributed by atoms with Gasteiger partial charge in [-0.15, -0.1) is 0 Å². The van der Waals surface area contributed by atoms with E-state index in [4.69, 9.17) is 14.2 Å². The van der Waals surface area contributed by atoms with Crippen molar-refractivity contribution in [2.24, 2.45) is 0 Å². The minimum absolute atomic E-state index is 0.170. The summed E-state index contributed by atoms with van der Waals surface area (Å²) in [6.07, 6.45) is 1.60. The quantitative estimate of drug-likeness (QED) is 0.831. The van der Waals surface area contributed by atoms with E-state index in [1.807, 2.05) is 0 Å². The van der Waals surface area contributed by atoms with Crippen LogP contribution in [0.25, 0.3) is 0 Å². The number of methoxy groups -OCH3 is 2. The van der Waals surface area contributed by atoms with Gasteiger partial charge in [-0.25, -0.2) is 4.39 Å². The fraction of sp³-hybridized carbons (Fsp3) is 0.214. The molecule has 0 aliphatic rings. The number of pyridine rings is 1. The zero-order valence-corrected chi connectivity index (χ0v) is 10.7. The van der Waals surface area contributed by atoms with E-state index in [1.54, 1.807) is 31.5 Å². The molecule has 0 saturated heterocycles. The molecule has 0 atom stereocenters. The van der Waals surface area contributed by atoms with Crippen LogP contribution in [0.15, 0.2) is 36.5 Å². The monoisotopic (exact) mass is 263 g/mol. The lowest BCUT2D eigenvalue weighted by Gasteiger charge is -2.12. The summed E-state index contributed by atoms with van der Waals surface area (Å²) in [7, 11) is 3.08. The van der Waals surface area contributed by atoms with Crippen LogP contribution in [0.5, 0.6) is 17.2 Å². The predicted molar refractivity (Wildman–Crippen MR) is 68.1 cm³/mol. The fourth-order valence-corrected chi connectivity index (χ4v) is 1.66. The summed E-state index contributed by atoms with van der Waals surface area (Å²) >= 11 is 0. The molecule has 1 aromatic heterocycles. The zero-order chi connectivity index (χ0) is 13.7. The van der Waals surface area contributed by atoms with Crippen LogP contribution in [0, 0.1) is 5.82 Å². The second-order valence-corrected chi connectivity index (χ2v) is 3.74. The van der Waals surface area contributed by atoms with E-state index < -0.39 is 0 Å². The van der Waals surface area contributed by atoms with E-state index in [1.165, 1.54) is 19.2 Å². The second kappa shape index (κ2) is 6.04. The lowest BCUT2D eigenvalue weighted by Crippen LogP contribution is -2.03. The summed E-state index contributed by atoms with van der Waals surface area (Å²) in [4.78, 5) is 4.17. The van der Waals surface area contributed by atoms with Crippen LogP contribution in [-0.4, -0.2) is 19.2 Å². The Labute approximate surface area is 110 Å². The minimum Gasteiger partial charge on any atom is -0.493 e. The van der Waals surface area contributed by atoms with Crippen molar-refractivity contribution >= 4 is 0 Å². The molecule has 1 heterocycles. The Morgan fingerprint density at radius 1 is 1.16 bits per heavy atom. The van der Waals surface area contributed by atoms with Gasteiger partial charge in [0.25, 0.3) is 0 Å². The van der Waals surface area contributed by atoms with E-state index in [-0.39, 0.29) is 12.4 Å². The summed E-state index contributed by atoms with van der Waals surface area (Å²) in [6, 6.07) is 7.63. The molecule has 0 N–H and O–H groups in total. The molecule has 0 fully saturated rings. The van der Waals surface area contributed by atoms with Crippen molar-refractivity contribution in [1.82, 2.24) is 4.98 Å². The van der Waals surface area contributed by atoms with E-state index in [0.29, 0.717) is 22.9 Å². The number of rotatable bonds is 5. The molecule has 2 aromatic rings. The van der Waals surface area contributed by atoms with Gasteiger partial charge in [0, 0.05) is 18.3 Å². The predicted octanol–water partition coefficient (Wildman–Crippen LogP) is 2.82. The minimum atomic E-state index is -0.344. The summed E-state index contributed by atoms with van der Waals surface area (Å²) in [5.41, 5.74) is 0.589. The fourth-order valence-electron chi connectivity index (χ4n) is 1.66. The Morgan fingerprint density at radius 2 is 2.00 bits per heavy atom. The maximum absolute atomic E-state index is 13.0. The van der Waals surface area contributed by atoms with Crippen LogP contribution in [-0.2, 0) is 6.61 Å². The average molecular weight is 263 g/mol. The smallest absolute Gasteiger partial charge is 0.185 e. The molecule has 0 bridgehead atoms. The van der Waals surface area contributed by atoms with Gasteiger partial charge >= 0.3 is 0 Å². The van der Waals surface area contributed by atoms with Crippen molar-refractivity contribution in [2.45, 2.75) is 6.61 Å². The first-order valence-electron chi connectivity index (χ1n) is 5.69. The average Bonchev–Trinajstić information content (AvgIpc) is 2.44. The van der Waals surface area contributed by atoms with Crippen LogP contribution >= 0.6 is 0 Å². The molecule has 0 amide bonds. The van der Waals surface area contributed by atoms with Crippen LogP contribution in [0.4, 0.5) is 4.39 Å². The molecule has 1 aromatic carbocycles. The van der Waals surface area contributed by atoms with Crippen LogP contribution in [0.2, 0.25) is 0 Å². The van der Waals surface area contributed by atoms with Crippen molar-refractivity contribution in [3.8, 4) is 17.2 Å². The maximum atomic E-state index is 13.0. The van der Waals surface area contributed by atoms with Gasteiger partial charge < -0.3 is 14.2 Å². The number of ether oxygens (including phenoxy) is 3. The van der Waals surface area contributed by atoms with E-state index >= 15 is 0 Å². The highest BCUT2D eigenvalue weighted by atomic mass is 19.1. The molecule has 0 radical (unpaired) electrons. The largest absolute Gasteiger partial charge is 0.493 e. The standard InChI is InChI=1S/C14H14FNO3/c1-17-13-6-7-16-12(14(13)18-2)9-19-11-5-3-4-10(15)8-11/h3-8H,9H2,1-2H3. The number of nitrogens with zero attached hydrogens (tertiary/aromatic N) is 1. The van der Waals surface area contributed by atoms with Gasteiger partial charge in [0.05, 0.1) is 14.2 Å². The van der Waals surface area contributed by atoms with Crippen molar-refractivity contribution in [2.75, 3.05) is 14.2 Å². The first-order chi connectivity index (χ1) is 9.24. The number of benzene rings is 1. The van der Waals surface area contributed by atoms with Gasteiger partial charge in [0.2, 0.25) is 0 Å². The van der Waals surface area contributed by atoms with Gasteiger partial charge in [0.1, 0.15) is 23.9 Å². The van der Waals surface area contributed by atoms with Crippen molar-refractivity contribution in [3.63, 3.8) is 0 Å². The molecule has 5 heteroatoms. The highest BCUT2D eigenvalue weighted by Gasteiger charge is 2.11. The third-order valence-corrected chi connectivity index (χ3v) is 2.54. The number of halogens is 1. The number of hydrogen-bond acceptors (Lipinski definition) is 4. The van der Waals surface area contributed by atoms with Gasteiger partial charge in [0.15, 0.2) is 11.5 Å². The van der Waals surface area contributed by atoms with Gasteiger partial charge in [-0.05, 0) is 12.1 Å². The molecule has 0 unspecified atom stereocenters. The maximum Gasteiger partial charge on any atom is 0.185 e. The zero-order valence-electron chi connectivity index (χ0n) is 10.7. The lowest BCUT2D eigenvalue weighted by molar-refractivity contribution is 0.283. The first kappa shape index (κ1) is 13.1. The molecule has 0 aliphatic heterocycles. The molecule has 0 aliphatic carbocycles. The van der Waals surface area contributed by atoms with Crippen molar-refractivity contribution in [3.05, 3.63) is 48.0 Å². The highest BCUT2D eigenvalue weighted by molar-refractivity contribution is 5.42. The molecule has 4 nitrogen and oxygen atoms in total. The van der Waals surface area contributed by atoms with E-state index in [0.717, 1.165) is 0 Å². The van der Waals surface area contributed by atoms with E-state index in [2.05, 4.69) is 4.98 Å². The lowest BCUT2D eigenvalue weighted by atomic mass is 10.3. The Balaban J connectivity index is 2.15. The second-order valence-electron chi connectivity index (χ2n) is 3.74. The molecular weight excluding hydrogens is 249 g/mol. The summed E-state index contributed by atoms with van der Waals surface area (Å²) in [5, 5.41) is 0. The Hall–Kier alpha value is -2.30. The Kier molecular flexibility index (Phi) is 4.18. The molecule has 2 rings (SSSR count). The van der Waals surface area contributed by atoms with Crippen molar-refractivity contribution < 1.29 is 18.6 Å². The number of hydrogen-bond donors (Lipinski definition) is 0. The topological polar surface area (TPSA) is 40.6 Å². The molecule has 100 valence electrons. The molecular formula is C14H14FNO3. The molecule has 19 heavy (non-hydrogen) atoms. The summed E-state index contributed by atoms with van der Waals surface area (Å²) in [6.45, 7) is 0.170. The van der Waals surface area contributed by atoms with Gasteiger partial charge in [-0.3, -0.25) is 4.98 Å².